The predicted molar refractivity (Wildman–Crippen MR) is 67.2 cm³/mol. The van der Waals surface area contributed by atoms with E-state index in [1.54, 1.807) is 0 Å². The lowest BCUT2D eigenvalue weighted by Gasteiger charge is -2.05. The number of nitro groups is 1. The van der Waals surface area contributed by atoms with Gasteiger partial charge in [-0.3, -0.25) is 14.9 Å². The van der Waals surface area contributed by atoms with E-state index < -0.39 is 4.92 Å². The Balaban J connectivity index is 2.00. The second kappa shape index (κ2) is 5.03. The molecule has 96 valence electrons. The summed E-state index contributed by atoms with van der Waals surface area (Å²) >= 11 is 0. The van der Waals surface area contributed by atoms with Crippen molar-refractivity contribution in [2.45, 2.75) is 19.3 Å². The molecule has 0 saturated heterocycles. The fourth-order valence-corrected chi connectivity index (χ4v) is 1.74. The molecular weight excluding hydrogens is 234 g/mol. The largest absolute Gasteiger partial charge is 0.393 e. The first-order valence-corrected chi connectivity index (χ1v) is 5.90. The van der Waals surface area contributed by atoms with Crippen LogP contribution in [0.5, 0.6) is 0 Å². The number of hydrogen-bond donors (Lipinski definition) is 2. The van der Waals surface area contributed by atoms with Crippen LogP contribution in [0, 0.1) is 16.0 Å². The molecule has 1 amide bonds. The standard InChI is InChI=1S/C12H15N3O3/c13-10-4-3-9(7-11(10)15(17)18)12(16)14-6-5-8-1-2-8/h3-4,7-8H,1-2,5-6,13H2,(H,14,16). The Bertz CT molecular complexity index is 483. The fraction of sp³-hybridized carbons (Fsp3) is 0.417. The number of rotatable bonds is 5. The first kappa shape index (κ1) is 12.3. The van der Waals surface area contributed by atoms with Crippen LogP contribution >= 0.6 is 0 Å². The third-order valence-corrected chi connectivity index (χ3v) is 3.02. The van der Waals surface area contributed by atoms with Gasteiger partial charge >= 0.3 is 0 Å². The van der Waals surface area contributed by atoms with E-state index >= 15 is 0 Å². The zero-order chi connectivity index (χ0) is 13.1. The zero-order valence-electron chi connectivity index (χ0n) is 9.89. The molecule has 1 aromatic rings. The zero-order valence-corrected chi connectivity index (χ0v) is 9.89. The minimum absolute atomic E-state index is 0.0644. The Labute approximate surface area is 104 Å². The van der Waals surface area contributed by atoms with Crippen LogP contribution in [0.15, 0.2) is 18.2 Å². The number of benzene rings is 1. The van der Waals surface area contributed by atoms with Gasteiger partial charge in [0.2, 0.25) is 0 Å². The molecule has 3 N–H and O–H groups in total. The Kier molecular flexibility index (Phi) is 3.45. The number of hydrogen-bond acceptors (Lipinski definition) is 4. The summed E-state index contributed by atoms with van der Waals surface area (Å²) in [7, 11) is 0. The van der Waals surface area contributed by atoms with E-state index in [0.717, 1.165) is 12.3 Å². The number of amides is 1. The lowest BCUT2D eigenvalue weighted by atomic mass is 10.1. The highest BCUT2D eigenvalue weighted by atomic mass is 16.6. The molecule has 1 aliphatic rings. The van der Waals surface area contributed by atoms with Gasteiger partial charge in [0.15, 0.2) is 0 Å². The van der Waals surface area contributed by atoms with E-state index in [1.807, 2.05) is 0 Å². The summed E-state index contributed by atoms with van der Waals surface area (Å²) in [4.78, 5) is 21.9. The molecule has 0 unspecified atom stereocenters. The van der Waals surface area contributed by atoms with Gasteiger partial charge in [-0.1, -0.05) is 12.8 Å². The average molecular weight is 249 g/mol. The monoisotopic (exact) mass is 249 g/mol. The molecule has 0 aliphatic heterocycles. The van der Waals surface area contributed by atoms with Gasteiger partial charge in [-0.25, -0.2) is 0 Å². The summed E-state index contributed by atoms with van der Waals surface area (Å²) in [6.07, 6.45) is 3.45. The van der Waals surface area contributed by atoms with E-state index in [1.165, 1.54) is 31.0 Å². The van der Waals surface area contributed by atoms with Crippen molar-refractivity contribution < 1.29 is 9.72 Å². The molecule has 0 radical (unpaired) electrons. The maximum Gasteiger partial charge on any atom is 0.292 e. The van der Waals surface area contributed by atoms with Gasteiger partial charge in [0, 0.05) is 18.2 Å². The fourth-order valence-electron chi connectivity index (χ4n) is 1.74. The average Bonchev–Trinajstić information content (AvgIpc) is 3.13. The quantitative estimate of drug-likeness (QED) is 0.471. The number of nitrogens with two attached hydrogens (primary N) is 1. The van der Waals surface area contributed by atoms with Gasteiger partial charge in [-0.05, 0) is 24.5 Å². The second-order valence-corrected chi connectivity index (χ2v) is 4.52. The topological polar surface area (TPSA) is 98.3 Å². The van der Waals surface area contributed by atoms with Crippen LogP contribution in [0.3, 0.4) is 0 Å². The number of nitrogens with one attached hydrogen (secondary N) is 1. The van der Waals surface area contributed by atoms with Gasteiger partial charge < -0.3 is 11.1 Å². The highest BCUT2D eigenvalue weighted by Crippen LogP contribution is 2.31. The van der Waals surface area contributed by atoms with Crippen LogP contribution in [0.2, 0.25) is 0 Å². The van der Waals surface area contributed by atoms with Crippen LogP contribution in [0.25, 0.3) is 0 Å². The summed E-state index contributed by atoms with van der Waals surface area (Å²) in [5.74, 6) is 0.449. The van der Waals surface area contributed by atoms with Crippen LogP contribution in [0.1, 0.15) is 29.6 Å². The lowest BCUT2D eigenvalue weighted by molar-refractivity contribution is -0.383. The van der Waals surface area contributed by atoms with E-state index in [-0.39, 0.29) is 22.8 Å². The maximum absolute atomic E-state index is 11.8. The van der Waals surface area contributed by atoms with Gasteiger partial charge in [0.1, 0.15) is 5.69 Å². The van der Waals surface area contributed by atoms with Gasteiger partial charge in [0.05, 0.1) is 4.92 Å². The van der Waals surface area contributed by atoms with Crippen molar-refractivity contribution in [1.29, 1.82) is 0 Å². The van der Waals surface area contributed by atoms with Crippen molar-refractivity contribution >= 4 is 17.3 Å². The number of nitro benzene ring substituents is 1. The normalized spacial score (nSPS) is 14.2. The molecule has 18 heavy (non-hydrogen) atoms. The Morgan fingerprint density at radius 2 is 2.22 bits per heavy atom. The van der Waals surface area contributed by atoms with Crippen LogP contribution in [0.4, 0.5) is 11.4 Å². The Morgan fingerprint density at radius 3 is 2.83 bits per heavy atom. The molecule has 6 heteroatoms. The van der Waals surface area contributed by atoms with Crippen molar-refractivity contribution in [3.8, 4) is 0 Å². The smallest absolute Gasteiger partial charge is 0.292 e. The number of nitrogens with zero attached hydrogens (tertiary/aromatic N) is 1. The van der Waals surface area contributed by atoms with E-state index in [4.69, 9.17) is 5.73 Å². The first-order valence-electron chi connectivity index (χ1n) is 5.90. The summed E-state index contributed by atoms with van der Waals surface area (Å²) in [5, 5.41) is 13.5. The van der Waals surface area contributed by atoms with Crippen molar-refractivity contribution in [2.75, 3.05) is 12.3 Å². The van der Waals surface area contributed by atoms with Crippen LogP contribution in [-0.2, 0) is 0 Å². The van der Waals surface area contributed by atoms with Crippen molar-refractivity contribution in [1.82, 2.24) is 5.32 Å². The molecular formula is C12H15N3O3. The third-order valence-electron chi connectivity index (χ3n) is 3.02. The molecule has 0 heterocycles. The molecule has 0 aromatic heterocycles. The highest BCUT2D eigenvalue weighted by Gasteiger charge is 2.21. The maximum atomic E-state index is 11.8. The van der Waals surface area contributed by atoms with Gasteiger partial charge in [-0.15, -0.1) is 0 Å². The summed E-state index contributed by atoms with van der Waals surface area (Å²) < 4.78 is 0. The predicted octanol–water partition coefficient (Wildman–Crippen LogP) is 1.71. The number of carbonyl (C=O) groups is 1. The molecule has 1 aromatic carbocycles. The Morgan fingerprint density at radius 1 is 1.50 bits per heavy atom. The highest BCUT2D eigenvalue weighted by molar-refractivity contribution is 5.95. The molecule has 6 nitrogen and oxygen atoms in total. The summed E-state index contributed by atoms with van der Waals surface area (Å²) in [5.41, 5.74) is 5.57. The summed E-state index contributed by atoms with van der Waals surface area (Å²) in [6, 6.07) is 4.09. The van der Waals surface area contributed by atoms with Crippen molar-refractivity contribution in [3.05, 3.63) is 33.9 Å². The minimum atomic E-state index is -0.587. The summed E-state index contributed by atoms with van der Waals surface area (Å²) in [6.45, 7) is 0.613. The van der Waals surface area contributed by atoms with Crippen molar-refractivity contribution in [3.63, 3.8) is 0 Å². The van der Waals surface area contributed by atoms with Crippen LogP contribution < -0.4 is 11.1 Å². The Hall–Kier alpha value is -2.11. The lowest BCUT2D eigenvalue weighted by Crippen LogP contribution is -2.24. The van der Waals surface area contributed by atoms with Gasteiger partial charge in [0.25, 0.3) is 11.6 Å². The van der Waals surface area contributed by atoms with Gasteiger partial charge in [-0.2, -0.15) is 0 Å². The molecule has 2 rings (SSSR count). The number of carbonyl (C=O) groups excluding carboxylic acids is 1. The molecule has 0 bridgehead atoms. The minimum Gasteiger partial charge on any atom is -0.393 e. The van der Waals surface area contributed by atoms with E-state index in [2.05, 4.69) is 5.32 Å². The number of nitrogen functional groups attached to an aromatic ring is 1. The second-order valence-electron chi connectivity index (χ2n) is 4.52. The molecule has 1 fully saturated rings. The molecule has 1 aliphatic carbocycles. The molecule has 0 atom stereocenters. The van der Waals surface area contributed by atoms with Crippen LogP contribution in [-0.4, -0.2) is 17.4 Å². The van der Waals surface area contributed by atoms with E-state index in [0.29, 0.717) is 6.54 Å². The molecule has 0 spiro atoms. The van der Waals surface area contributed by atoms with Crippen molar-refractivity contribution in [2.24, 2.45) is 5.92 Å². The SMILES string of the molecule is Nc1ccc(C(=O)NCCC2CC2)cc1[N+](=O)[O-]. The van der Waals surface area contributed by atoms with E-state index in [9.17, 15) is 14.9 Å². The third kappa shape index (κ3) is 2.97. The first-order chi connectivity index (χ1) is 8.58. The molecule has 1 saturated carbocycles. The number of anilines is 1.